The molecule has 2 rings (SSSR count). The van der Waals surface area contributed by atoms with Gasteiger partial charge in [-0.3, -0.25) is 9.97 Å². The van der Waals surface area contributed by atoms with Gasteiger partial charge in [0.05, 0.1) is 16.4 Å². The molecule has 2 atom stereocenters. The Balaban J connectivity index is 2.02. The predicted octanol–water partition coefficient (Wildman–Crippen LogP) is 3.47. The maximum atomic E-state index is 4.68. The highest BCUT2D eigenvalue weighted by Gasteiger charge is 2.15. The van der Waals surface area contributed by atoms with Crippen molar-refractivity contribution in [1.82, 2.24) is 20.3 Å². The van der Waals surface area contributed by atoms with E-state index in [9.17, 15) is 0 Å². The van der Waals surface area contributed by atoms with Gasteiger partial charge in [0.1, 0.15) is 0 Å². The van der Waals surface area contributed by atoms with Crippen molar-refractivity contribution in [3.63, 3.8) is 0 Å². The molecule has 1 N–H and O–H groups in total. The fraction of sp³-hybridized carbons (Fsp3) is 0.500. The molecular formula is C14H20N4S. The molecule has 0 fully saturated rings. The summed E-state index contributed by atoms with van der Waals surface area (Å²) in [4.78, 5) is 13.1. The largest absolute Gasteiger partial charge is 0.301 e. The standard InChI is InChI=1S/C14H20N4S/c1-9(2)14-18-13(8-19-14)11(4)17-10(3)12-7-15-5-6-16-12/h5-11,17H,1-4H3/t10-,11+/m1/s1. The molecule has 2 aromatic heterocycles. The van der Waals surface area contributed by atoms with E-state index >= 15 is 0 Å². The van der Waals surface area contributed by atoms with Crippen molar-refractivity contribution in [2.24, 2.45) is 0 Å². The number of hydrogen-bond donors (Lipinski definition) is 1. The van der Waals surface area contributed by atoms with Gasteiger partial charge in [-0.15, -0.1) is 11.3 Å². The van der Waals surface area contributed by atoms with Crippen molar-refractivity contribution in [2.75, 3.05) is 0 Å². The van der Waals surface area contributed by atoms with Crippen LogP contribution in [-0.2, 0) is 0 Å². The molecular weight excluding hydrogens is 256 g/mol. The summed E-state index contributed by atoms with van der Waals surface area (Å²) in [7, 11) is 0. The van der Waals surface area contributed by atoms with Gasteiger partial charge < -0.3 is 5.32 Å². The summed E-state index contributed by atoms with van der Waals surface area (Å²) in [5.74, 6) is 0.489. The molecule has 0 radical (unpaired) electrons. The number of hydrogen-bond acceptors (Lipinski definition) is 5. The molecule has 102 valence electrons. The Morgan fingerprint density at radius 3 is 2.37 bits per heavy atom. The van der Waals surface area contributed by atoms with Crippen LogP contribution in [0.25, 0.3) is 0 Å². The molecule has 0 aliphatic rings. The van der Waals surface area contributed by atoms with Crippen LogP contribution < -0.4 is 5.32 Å². The van der Waals surface area contributed by atoms with Crippen LogP contribution >= 0.6 is 11.3 Å². The van der Waals surface area contributed by atoms with Gasteiger partial charge in [0, 0.05) is 42.0 Å². The highest BCUT2D eigenvalue weighted by molar-refractivity contribution is 7.09. The van der Waals surface area contributed by atoms with Crippen LogP contribution in [0.15, 0.2) is 24.0 Å². The van der Waals surface area contributed by atoms with Gasteiger partial charge in [-0.05, 0) is 13.8 Å². The van der Waals surface area contributed by atoms with E-state index in [0.717, 1.165) is 11.4 Å². The maximum Gasteiger partial charge on any atom is 0.0954 e. The summed E-state index contributed by atoms with van der Waals surface area (Å²) in [5.41, 5.74) is 2.05. The van der Waals surface area contributed by atoms with E-state index in [-0.39, 0.29) is 12.1 Å². The molecule has 5 heteroatoms. The first-order valence-electron chi connectivity index (χ1n) is 6.55. The van der Waals surface area contributed by atoms with Crippen LogP contribution in [0.2, 0.25) is 0 Å². The van der Waals surface area contributed by atoms with E-state index in [1.165, 1.54) is 5.01 Å². The molecule has 0 amide bonds. The van der Waals surface area contributed by atoms with E-state index < -0.39 is 0 Å². The van der Waals surface area contributed by atoms with E-state index in [1.54, 1.807) is 29.9 Å². The quantitative estimate of drug-likeness (QED) is 0.908. The minimum Gasteiger partial charge on any atom is -0.301 e. The molecule has 19 heavy (non-hydrogen) atoms. The number of thiazole rings is 1. The summed E-state index contributed by atoms with van der Waals surface area (Å²) < 4.78 is 0. The van der Waals surface area contributed by atoms with E-state index in [1.807, 2.05) is 0 Å². The number of rotatable bonds is 5. The molecule has 0 saturated carbocycles. The first kappa shape index (κ1) is 14.1. The summed E-state index contributed by atoms with van der Waals surface area (Å²) in [6, 6.07) is 0.369. The van der Waals surface area contributed by atoms with Crippen LogP contribution in [0.1, 0.15) is 62.1 Å². The molecule has 0 aliphatic heterocycles. The lowest BCUT2D eigenvalue weighted by Crippen LogP contribution is -2.23. The Morgan fingerprint density at radius 1 is 1.05 bits per heavy atom. The van der Waals surface area contributed by atoms with Crippen LogP contribution in [0.3, 0.4) is 0 Å². The minimum atomic E-state index is 0.160. The smallest absolute Gasteiger partial charge is 0.0954 e. The minimum absolute atomic E-state index is 0.160. The fourth-order valence-electron chi connectivity index (χ4n) is 1.84. The Hall–Kier alpha value is -1.33. The summed E-state index contributed by atoms with van der Waals surface area (Å²) in [6.45, 7) is 8.56. The van der Waals surface area contributed by atoms with Crippen molar-refractivity contribution in [1.29, 1.82) is 0 Å². The lowest BCUT2D eigenvalue weighted by molar-refractivity contribution is 0.478. The lowest BCUT2D eigenvalue weighted by Gasteiger charge is -2.17. The monoisotopic (exact) mass is 276 g/mol. The third-order valence-corrected chi connectivity index (χ3v) is 4.17. The molecule has 2 aromatic rings. The first-order chi connectivity index (χ1) is 9.08. The lowest BCUT2D eigenvalue weighted by atomic mass is 10.2. The second-order valence-corrected chi connectivity index (χ2v) is 5.90. The van der Waals surface area contributed by atoms with Crippen LogP contribution in [0.4, 0.5) is 0 Å². The Labute approximate surface area is 118 Å². The Kier molecular flexibility index (Phi) is 4.61. The van der Waals surface area contributed by atoms with Gasteiger partial charge in [-0.2, -0.15) is 0 Å². The highest BCUT2D eigenvalue weighted by Crippen LogP contribution is 2.24. The van der Waals surface area contributed by atoms with Crippen molar-refractivity contribution in [2.45, 2.75) is 45.7 Å². The van der Waals surface area contributed by atoms with E-state index in [2.05, 4.69) is 53.3 Å². The molecule has 0 aromatic carbocycles. The molecule has 0 unspecified atom stereocenters. The molecule has 0 aliphatic carbocycles. The molecule has 4 nitrogen and oxygen atoms in total. The zero-order valence-electron chi connectivity index (χ0n) is 11.8. The Morgan fingerprint density at radius 2 is 1.79 bits per heavy atom. The SMILES string of the molecule is CC(C)c1nc([C@H](C)N[C@H](C)c2cnccn2)cs1. The van der Waals surface area contributed by atoms with Crippen molar-refractivity contribution in [3.05, 3.63) is 40.4 Å². The fourth-order valence-corrected chi connectivity index (χ4v) is 2.77. The van der Waals surface area contributed by atoms with Crippen LogP contribution in [-0.4, -0.2) is 15.0 Å². The molecule has 2 heterocycles. The zero-order chi connectivity index (χ0) is 13.8. The predicted molar refractivity (Wildman–Crippen MR) is 78.2 cm³/mol. The van der Waals surface area contributed by atoms with Gasteiger partial charge in [-0.25, -0.2) is 4.98 Å². The normalized spacial score (nSPS) is 14.6. The van der Waals surface area contributed by atoms with Gasteiger partial charge in [0.15, 0.2) is 0 Å². The van der Waals surface area contributed by atoms with Crippen molar-refractivity contribution in [3.8, 4) is 0 Å². The Bertz CT molecular complexity index is 509. The average Bonchev–Trinajstić information content (AvgIpc) is 2.89. The van der Waals surface area contributed by atoms with E-state index in [4.69, 9.17) is 0 Å². The van der Waals surface area contributed by atoms with E-state index in [0.29, 0.717) is 5.92 Å². The molecule has 0 spiro atoms. The second-order valence-electron chi connectivity index (χ2n) is 5.01. The van der Waals surface area contributed by atoms with Crippen LogP contribution in [0.5, 0.6) is 0 Å². The van der Waals surface area contributed by atoms with Gasteiger partial charge in [-0.1, -0.05) is 13.8 Å². The van der Waals surface area contributed by atoms with Gasteiger partial charge >= 0.3 is 0 Å². The second kappa shape index (κ2) is 6.21. The zero-order valence-corrected chi connectivity index (χ0v) is 12.6. The topological polar surface area (TPSA) is 50.7 Å². The first-order valence-corrected chi connectivity index (χ1v) is 7.43. The summed E-state index contributed by atoms with van der Waals surface area (Å²) in [5, 5.41) is 6.83. The molecule has 0 saturated heterocycles. The number of nitrogens with one attached hydrogen (secondary N) is 1. The third-order valence-electron chi connectivity index (χ3n) is 3.00. The average molecular weight is 276 g/mol. The van der Waals surface area contributed by atoms with Crippen molar-refractivity contribution >= 4 is 11.3 Å². The highest BCUT2D eigenvalue weighted by atomic mass is 32.1. The maximum absolute atomic E-state index is 4.68. The number of nitrogens with zero attached hydrogens (tertiary/aromatic N) is 3. The third kappa shape index (κ3) is 3.58. The molecule has 0 bridgehead atoms. The number of aromatic nitrogens is 3. The van der Waals surface area contributed by atoms with Crippen molar-refractivity contribution < 1.29 is 0 Å². The summed E-state index contributed by atoms with van der Waals surface area (Å²) >= 11 is 1.73. The summed E-state index contributed by atoms with van der Waals surface area (Å²) in [6.07, 6.45) is 5.21. The van der Waals surface area contributed by atoms with Gasteiger partial charge in [0.2, 0.25) is 0 Å². The van der Waals surface area contributed by atoms with Crippen LogP contribution in [0, 0.1) is 0 Å². The van der Waals surface area contributed by atoms with Gasteiger partial charge in [0.25, 0.3) is 0 Å².